The summed E-state index contributed by atoms with van der Waals surface area (Å²) in [6, 6.07) is 17.3. The maximum absolute atomic E-state index is 11.2. The van der Waals surface area contributed by atoms with Gasteiger partial charge in [0.05, 0.1) is 19.6 Å². The molecule has 5 nitrogen and oxygen atoms in total. The lowest BCUT2D eigenvalue weighted by molar-refractivity contribution is -0.142. The molecule has 26 heavy (non-hydrogen) atoms. The Balaban J connectivity index is 1.54. The first-order valence-corrected chi connectivity index (χ1v) is 9.10. The van der Waals surface area contributed by atoms with Crippen LogP contribution >= 0.6 is 0 Å². The molecule has 0 saturated carbocycles. The van der Waals surface area contributed by atoms with E-state index in [1.807, 2.05) is 61.5 Å². The van der Waals surface area contributed by atoms with E-state index in [4.69, 9.17) is 14.2 Å². The van der Waals surface area contributed by atoms with Crippen LogP contribution in [-0.2, 0) is 9.53 Å². The normalized spacial score (nSPS) is 10.3. The first kappa shape index (κ1) is 19.8. The number of carbonyl (C=O) groups excluding carboxylic acids is 1. The second-order valence-corrected chi connectivity index (χ2v) is 5.75. The largest absolute Gasteiger partial charge is 0.494 e. The van der Waals surface area contributed by atoms with Gasteiger partial charge in [0.2, 0.25) is 0 Å². The summed E-state index contributed by atoms with van der Waals surface area (Å²) in [5.74, 6) is 2.29. The number of nitrogens with one attached hydrogen (secondary N) is 1. The number of hydrogen-bond acceptors (Lipinski definition) is 5. The lowest BCUT2D eigenvalue weighted by Crippen LogP contribution is -2.20. The zero-order chi connectivity index (χ0) is 18.5. The minimum absolute atomic E-state index is 0.150. The fourth-order valence-corrected chi connectivity index (χ4v) is 2.32. The van der Waals surface area contributed by atoms with Crippen LogP contribution in [0.15, 0.2) is 54.6 Å². The van der Waals surface area contributed by atoms with Gasteiger partial charge < -0.3 is 19.5 Å². The molecular weight excluding hydrogens is 330 g/mol. The summed E-state index contributed by atoms with van der Waals surface area (Å²) in [5, 5.41) is 3.23. The summed E-state index contributed by atoms with van der Waals surface area (Å²) in [5.41, 5.74) is 0. The summed E-state index contributed by atoms with van der Waals surface area (Å²) >= 11 is 0. The molecule has 140 valence electrons. The second kappa shape index (κ2) is 11.9. The van der Waals surface area contributed by atoms with Gasteiger partial charge in [-0.25, -0.2) is 0 Å². The number of carbonyl (C=O) groups is 1. The topological polar surface area (TPSA) is 56.8 Å². The van der Waals surface area contributed by atoms with Gasteiger partial charge in [0.15, 0.2) is 0 Å². The summed E-state index contributed by atoms with van der Waals surface area (Å²) in [4.78, 5) is 11.2. The van der Waals surface area contributed by atoms with Crippen LogP contribution in [0.25, 0.3) is 0 Å². The molecule has 0 amide bonds. The van der Waals surface area contributed by atoms with Crippen molar-refractivity contribution >= 4 is 5.97 Å². The van der Waals surface area contributed by atoms with Crippen molar-refractivity contribution in [2.24, 2.45) is 0 Å². The molecule has 2 aromatic carbocycles. The highest BCUT2D eigenvalue weighted by atomic mass is 16.5. The van der Waals surface area contributed by atoms with E-state index in [1.54, 1.807) is 0 Å². The van der Waals surface area contributed by atoms with E-state index < -0.39 is 0 Å². The number of unbranched alkanes of at least 4 members (excludes halogenated alkanes) is 1. The fraction of sp³-hybridized carbons (Fsp3) is 0.381. The van der Waals surface area contributed by atoms with E-state index in [2.05, 4.69) is 5.32 Å². The average Bonchev–Trinajstić information content (AvgIpc) is 2.66. The number of ether oxygens (including phenoxy) is 3. The van der Waals surface area contributed by atoms with Crippen LogP contribution in [0.5, 0.6) is 17.2 Å². The average molecular weight is 357 g/mol. The summed E-state index contributed by atoms with van der Waals surface area (Å²) in [6.07, 6.45) is 2.37. The van der Waals surface area contributed by atoms with Crippen molar-refractivity contribution in [3.63, 3.8) is 0 Å². The highest BCUT2D eigenvalue weighted by molar-refractivity contribution is 5.69. The monoisotopic (exact) mass is 357 g/mol. The van der Waals surface area contributed by atoms with Crippen LogP contribution in [0, 0.1) is 0 Å². The molecule has 0 aliphatic heterocycles. The summed E-state index contributed by atoms with van der Waals surface area (Å²) < 4.78 is 16.3. The Morgan fingerprint density at radius 3 is 2.31 bits per heavy atom. The molecule has 0 fully saturated rings. The van der Waals surface area contributed by atoms with Gasteiger partial charge in [0.1, 0.15) is 17.2 Å². The molecule has 1 N–H and O–H groups in total. The zero-order valence-electron chi connectivity index (χ0n) is 15.3. The van der Waals surface area contributed by atoms with Gasteiger partial charge in [0, 0.05) is 6.54 Å². The molecular formula is C21H27NO4. The third-order valence-electron chi connectivity index (χ3n) is 3.63. The van der Waals surface area contributed by atoms with Crippen LogP contribution < -0.4 is 14.8 Å². The predicted octanol–water partition coefficient (Wildman–Crippen LogP) is 4.18. The second-order valence-electron chi connectivity index (χ2n) is 5.75. The van der Waals surface area contributed by atoms with Crippen molar-refractivity contribution in [2.75, 3.05) is 26.3 Å². The number of hydrogen-bond donors (Lipinski definition) is 1. The first-order valence-electron chi connectivity index (χ1n) is 9.10. The Morgan fingerprint density at radius 2 is 1.58 bits per heavy atom. The third-order valence-corrected chi connectivity index (χ3v) is 3.63. The van der Waals surface area contributed by atoms with Gasteiger partial charge in [-0.1, -0.05) is 18.2 Å². The molecule has 0 radical (unpaired) electrons. The Labute approximate surface area is 155 Å². The Hall–Kier alpha value is -2.53. The number of esters is 1. The highest BCUT2D eigenvalue weighted by Gasteiger charge is 2.00. The summed E-state index contributed by atoms with van der Waals surface area (Å²) in [6.45, 7) is 4.44. The Bertz CT molecular complexity index is 628. The molecule has 0 heterocycles. The molecule has 2 aromatic rings. The van der Waals surface area contributed by atoms with Gasteiger partial charge >= 0.3 is 5.97 Å². The van der Waals surface area contributed by atoms with E-state index in [1.165, 1.54) is 0 Å². The molecule has 5 heteroatoms. The minimum atomic E-state index is -0.150. The van der Waals surface area contributed by atoms with E-state index in [0.29, 0.717) is 26.2 Å². The van der Waals surface area contributed by atoms with Crippen LogP contribution in [0.4, 0.5) is 0 Å². The van der Waals surface area contributed by atoms with Gasteiger partial charge in [-0.05, 0) is 62.7 Å². The molecule has 0 spiro atoms. The van der Waals surface area contributed by atoms with Crippen molar-refractivity contribution < 1.29 is 19.0 Å². The van der Waals surface area contributed by atoms with Crippen LogP contribution in [0.2, 0.25) is 0 Å². The first-order chi connectivity index (χ1) is 12.8. The molecule has 0 unspecified atom stereocenters. The van der Waals surface area contributed by atoms with Gasteiger partial charge in [-0.2, -0.15) is 0 Å². The van der Waals surface area contributed by atoms with E-state index >= 15 is 0 Å². The third kappa shape index (κ3) is 8.03. The van der Waals surface area contributed by atoms with Crippen molar-refractivity contribution in [1.82, 2.24) is 5.32 Å². The molecule has 0 bridgehead atoms. The molecule has 0 aromatic heterocycles. The smallest absolute Gasteiger partial charge is 0.307 e. The van der Waals surface area contributed by atoms with E-state index in [0.717, 1.165) is 36.6 Å². The zero-order valence-corrected chi connectivity index (χ0v) is 15.3. The molecule has 0 atom stereocenters. The lowest BCUT2D eigenvalue weighted by Gasteiger charge is -2.09. The standard InChI is InChI=1S/C21H27NO4/c1-2-24-21(23)14-16-22-15-6-7-17-25-18-10-12-20(13-11-18)26-19-8-4-3-5-9-19/h3-5,8-13,22H,2,6-7,14-17H2,1H3. The number of benzene rings is 2. The summed E-state index contributed by atoms with van der Waals surface area (Å²) in [7, 11) is 0. The van der Waals surface area contributed by atoms with Gasteiger partial charge in [0.25, 0.3) is 0 Å². The number of para-hydroxylation sites is 1. The Morgan fingerprint density at radius 1 is 0.885 bits per heavy atom. The van der Waals surface area contributed by atoms with Crippen LogP contribution in [0.1, 0.15) is 26.2 Å². The van der Waals surface area contributed by atoms with Crippen LogP contribution in [-0.4, -0.2) is 32.3 Å². The lowest BCUT2D eigenvalue weighted by atomic mass is 10.3. The molecule has 0 aliphatic rings. The van der Waals surface area contributed by atoms with Crippen molar-refractivity contribution in [3.05, 3.63) is 54.6 Å². The van der Waals surface area contributed by atoms with Gasteiger partial charge in [-0.3, -0.25) is 4.79 Å². The quantitative estimate of drug-likeness (QED) is 0.456. The maximum atomic E-state index is 11.2. The maximum Gasteiger partial charge on any atom is 0.307 e. The molecule has 2 rings (SSSR count). The van der Waals surface area contributed by atoms with Gasteiger partial charge in [-0.15, -0.1) is 0 Å². The highest BCUT2D eigenvalue weighted by Crippen LogP contribution is 2.23. The van der Waals surface area contributed by atoms with Crippen molar-refractivity contribution in [2.45, 2.75) is 26.2 Å². The van der Waals surface area contributed by atoms with E-state index in [-0.39, 0.29) is 5.97 Å². The molecule has 0 saturated heterocycles. The fourth-order valence-electron chi connectivity index (χ4n) is 2.32. The van der Waals surface area contributed by atoms with Crippen molar-refractivity contribution in [1.29, 1.82) is 0 Å². The Kier molecular flexibility index (Phi) is 9.08. The minimum Gasteiger partial charge on any atom is -0.494 e. The number of rotatable bonds is 12. The van der Waals surface area contributed by atoms with Crippen molar-refractivity contribution in [3.8, 4) is 17.2 Å². The SMILES string of the molecule is CCOC(=O)CCNCCCCOc1ccc(Oc2ccccc2)cc1. The van der Waals surface area contributed by atoms with E-state index in [9.17, 15) is 4.79 Å². The molecule has 0 aliphatic carbocycles. The predicted molar refractivity (Wildman–Crippen MR) is 102 cm³/mol. The van der Waals surface area contributed by atoms with Crippen LogP contribution in [0.3, 0.4) is 0 Å².